The van der Waals surface area contributed by atoms with E-state index < -0.39 is 0 Å². The number of rotatable bonds is 6. The Balaban J connectivity index is 1.65. The Labute approximate surface area is 141 Å². The highest BCUT2D eigenvalue weighted by atomic mass is 35.5. The highest BCUT2D eigenvalue weighted by Crippen LogP contribution is 2.27. The second-order valence-corrected chi connectivity index (χ2v) is 6.61. The molecule has 1 aliphatic rings. The molecule has 1 aromatic carbocycles. The molecular formula is C16H22Cl2N2O2. The predicted octanol–water partition coefficient (Wildman–Crippen LogP) is 3.22. The van der Waals surface area contributed by atoms with Crippen molar-refractivity contribution in [2.24, 2.45) is 5.92 Å². The molecule has 4 nitrogen and oxygen atoms in total. The summed E-state index contributed by atoms with van der Waals surface area (Å²) in [5.41, 5.74) is 0. The number of hydrogen-bond donors (Lipinski definition) is 1. The summed E-state index contributed by atoms with van der Waals surface area (Å²) in [7, 11) is 0. The molecule has 0 bridgehead atoms. The maximum Gasteiger partial charge on any atom is 0.257 e. The number of nitrogens with zero attached hydrogens (tertiary/aromatic N) is 1. The van der Waals surface area contributed by atoms with E-state index in [1.165, 1.54) is 12.8 Å². The van der Waals surface area contributed by atoms with Gasteiger partial charge in [-0.05, 0) is 43.5 Å². The van der Waals surface area contributed by atoms with Crippen LogP contribution in [0.15, 0.2) is 18.2 Å². The molecule has 1 saturated heterocycles. The van der Waals surface area contributed by atoms with Gasteiger partial charge in [0.1, 0.15) is 5.75 Å². The van der Waals surface area contributed by atoms with Crippen molar-refractivity contribution in [1.82, 2.24) is 10.2 Å². The van der Waals surface area contributed by atoms with Gasteiger partial charge in [0.2, 0.25) is 0 Å². The van der Waals surface area contributed by atoms with Crippen LogP contribution in [0.5, 0.6) is 5.75 Å². The van der Waals surface area contributed by atoms with Gasteiger partial charge in [0.25, 0.3) is 5.91 Å². The first kappa shape index (κ1) is 17.4. The van der Waals surface area contributed by atoms with Crippen LogP contribution in [0.1, 0.15) is 19.8 Å². The number of halogens is 2. The Morgan fingerprint density at radius 2 is 2.27 bits per heavy atom. The van der Waals surface area contributed by atoms with Crippen LogP contribution in [0.25, 0.3) is 0 Å². The molecule has 0 spiro atoms. The van der Waals surface area contributed by atoms with Gasteiger partial charge in [0.05, 0.1) is 5.02 Å². The zero-order chi connectivity index (χ0) is 15.9. The van der Waals surface area contributed by atoms with E-state index in [2.05, 4.69) is 17.1 Å². The third-order valence-electron chi connectivity index (χ3n) is 3.74. The standard InChI is InChI=1S/C16H22Cl2N2O2/c1-12-3-2-7-20(10-12)8-6-19-16(21)11-22-15-5-4-13(17)9-14(15)18/h4-5,9,12H,2-3,6-8,10-11H2,1H3,(H,19,21). The van der Waals surface area contributed by atoms with Crippen LogP contribution in [-0.4, -0.2) is 43.6 Å². The van der Waals surface area contributed by atoms with Crippen molar-refractivity contribution in [3.05, 3.63) is 28.2 Å². The topological polar surface area (TPSA) is 41.6 Å². The van der Waals surface area contributed by atoms with Crippen molar-refractivity contribution in [2.75, 3.05) is 32.8 Å². The number of amides is 1. The quantitative estimate of drug-likeness (QED) is 0.861. The lowest BCUT2D eigenvalue weighted by Gasteiger charge is -2.30. The van der Waals surface area contributed by atoms with Crippen LogP contribution in [0.2, 0.25) is 10.0 Å². The Morgan fingerprint density at radius 1 is 1.45 bits per heavy atom. The first-order valence-corrected chi connectivity index (χ1v) is 8.37. The largest absolute Gasteiger partial charge is 0.482 e. The zero-order valence-electron chi connectivity index (χ0n) is 12.8. The predicted molar refractivity (Wildman–Crippen MR) is 89.8 cm³/mol. The van der Waals surface area contributed by atoms with Crippen molar-refractivity contribution >= 4 is 29.1 Å². The van der Waals surface area contributed by atoms with Gasteiger partial charge < -0.3 is 15.0 Å². The molecule has 1 amide bonds. The minimum Gasteiger partial charge on any atom is -0.482 e. The fourth-order valence-corrected chi connectivity index (χ4v) is 3.09. The summed E-state index contributed by atoms with van der Waals surface area (Å²) in [4.78, 5) is 14.2. The van der Waals surface area contributed by atoms with Crippen LogP contribution >= 0.6 is 23.2 Å². The minimum absolute atomic E-state index is 0.0439. The molecule has 1 atom stereocenters. The molecule has 1 aliphatic heterocycles. The van der Waals surface area contributed by atoms with Crippen molar-refractivity contribution in [3.8, 4) is 5.75 Å². The van der Waals surface area contributed by atoms with Gasteiger partial charge in [-0.15, -0.1) is 0 Å². The number of carbonyl (C=O) groups is 1. The molecule has 122 valence electrons. The van der Waals surface area contributed by atoms with Crippen LogP contribution in [-0.2, 0) is 4.79 Å². The molecular weight excluding hydrogens is 323 g/mol. The summed E-state index contributed by atoms with van der Waals surface area (Å²) in [5.74, 6) is 1.07. The number of benzene rings is 1. The van der Waals surface area contributed by atoms with E-state index in [0.717, 1.165) is 25.6 Å². The monoisotopic (exact) mass is 344 g/mol. The molecule has 0 aromatic heterocycles. The number of nitrogens with one attached hydrogen (secondary N) is 1. The molecule has 1 heterocycles. The van der Waals surface area contributed by atoms with Gasteiger partial charge in [-0.2, -0.15) is 0 Å². The van der Waals surface area contributed by atoms with Crippen molar-refractivity contribution in [2.45, 2.75) is 19.8 Å². The summed E-state index contributed by atoms with van der Waals surface area (Å²) >= 11 is 11.8. The average Bonchev–Trinajstić information content (AvgIpc) is 2.46. The van der Waals surface area contributed by atoms with E-state index in [0.29, 0.717) is 22.3 Å². The van der Waals surface area contributed by atoms with Crippen LogP contribution in [0.4, 0.5) is 0 Å². The smallest absolute Gasteiger partial charge is 0.257 e. The van der Waals surface area contributed by atoms with Crippen molar-refractivity contribution in [1.29, 1.82) is 0 Å². The molecule has 0 radical (unpaired) electrons. The maximum atomic E-state index is 11.8. The average molecular weight is 345 g/mol. The zero-order valence-corrected chi connectivity index (χ0v) is 14.3. The van der Waals surface area contributed by atoms with Gasteiger partial charge >= 0.3 is 0 Å². The minimum atomic E-state index is -0.143. The summed E-state index contributed by atoms with van der Waals surface area (Å²) in [6, 6.07) is 4.93. The van der Waals surface area contributed by atoms with Crippen molar-refractivity contribution < 1.29 is 9.53 Å². The lowest BCUT2D eigenvalue weighted by atomic mass is 10.0. The third-order valence-corrected chi connectivity index (χ3v) is 4.27. The number of piperidine rings is 1. The van der Waals surface area contributed by atoms with Gasteiger partial charge in [-0.25, -0.2) is 0 Å². The Bertz CT molecular complexity index is 511. The number of likely N-dealkylation sites (tertiary alicyclic amines) is 1. The van der Waals surface area contributed by atoms with Gasteiger partial charge in [-0.3, -0.25) is 4.79 Å². The summed E-state index contributed by atoms with van der Waals surface area (Å²) in [6.45, 7) is 6.00. The lowest BCUT2D eigenvalue weighted by molar-refractivity contribution is -0.123. The van der Waals surface area contributed by atoms with Crippen molar-refractivity contribution in [3.63, 3.8) is 0 Å². The molecule has 0 saturated carbocycles. The summed E-state index contributed by atoms with van der Waals surface area (Å²) < 4.78 is 5.40. The first-order valence-electron chi connectivity index (χ1n) is 7.61. The third kappa shape index (κ3) is 5.67. The second-order valence-electron chi connectivity index (χ2n) is 5.76. The molecule has 1 fully saturated rings. The van der Waals surface area contributed by atoms with E-state index in [9.17, 15) is 4.79 Å². The molecule has 1 unspecified atom stereocenters. The Morgan fingerprint density at radius 3 is 3.00 bits per heavy atom. The maximum absolute atomic E-state index is 11.8. The van der Waals surface area contributed by atoms with E-state index in [4.69, 9.17) is 27.9 Å². The highest BCUT2D eigenvalue weighted by Gasteiger charge is 2.15. The van der Waals surface area contributed by atoms with Gasteiger partial charge in [-0.1, -0.05) is 30.1 Å². The lowest BCUT2D eigenvalue weighted by Crippen LogP contribution is -2.41. The Kier molecular flexibility index (Phi) is 6.80. The first-order chi connectivity index (χ1) is 10.5. The van der Waals surface area contributed by atoms with E-state index in [-0.39, 0.29) is 12.5 Å². The number of carbonyl (C=O) groups excluding carboxylic acids is 1. The molecule has 0 aliphatic carbocycles. The molecule has 6 heteroatoms. The van der Waals surface area contributed by atoms with Gasteiger partial charge in [0, 0.05) is 24.7 Å². The normalized spacial score (nSPS) is 19.0. The number of ether oxygens (including phenoxy) is 1. The second kappa shape index (κ2) is 8.61. The van der Waals surface area contributed by atoms with Crippen LogP contribution in [0.3, 0.4) is 0 Å². The van der Waals surface area contributed by atoms with Crippen LogP contribution < -0.4 is 10.1 Å². The van der Waals surface area contributed by atoms with Crippen LogP contribution in [0, 0.1) is 5.92 Å². The van der Waals surface area contributed by atoms with E-state index in [1.807, 2.05) is 0 Å². The van der Waals surface area contributed by atoms with Gasteiger partial charge in [0.15, 0.2) is 6.61 Å². The molecule has 2 rings (SSSR count). The molecule has 22 heavy (non-hydrogen) atoms. The molecule has 1 aromatic rings. The molecule has 1 N–H and O–H groups in total. The summed E-state index contributed by atoms with van der Waals surface area (Å²) in [6.07, 6.45) is 2.55. The van der Waals surface area contributed by atoms with E-state index >= 15 is 0 Å². The number of hydrogen-bond acceptors (Lipinski definition) is 3. The summed E-state index contributed by atoms with van der Waals surface area (Å²) in [5, 5.41) is 3.82. The highest BCUT2D eigenvalue weighted by molar-refractivity contribution is 6.35. The Hall–Kier alpha value is -0.970. The SMILES string of the molecule is CC1CCCN(CCNC(=O)COc2ccc(Cl)cc2Cl)C1. The fourth-order valence-electron chi connectivity index (χ4n) is 2.63. The fraction of sp³-hybridized carbons (Fsp3) is 0.562. The van der Waals surface area contributed by atoms with E-state index in [1.54, 1.807) is 18.2 Å².